The number of rotatable bonds is 3. The zero-order chi connectivity index (χ0) is 20.1. The van der Waals surface area contributed by atoms with Crippen LogP contribution in [-0.2, 0) is 22.7 Å². The summed E-state index contributed by atoms with van der Waals surface area (Å²) < 4.78 is 3.77. The van der Waals surface area contributed by atoms with Gasteiger partial charge in [0.2, 0.25) is 0 Å². The normalized spacial score (nSPS) is 15.8. The second-order valence-electron chi connectivity index (χ2n) is 6.99. The highest BCUT2D eigenvalue weighted by Crippen LogP contribution is 2.36. The standard InChI is InChI=1S/C19H18ClN7O2/c1-2-24-6-7-25(19(29)18(24)28)10-15-21-8-12-9-26-17(22-11-23-26)16-13(20)4-3-5-14(16)27(12)15/h3-5,8,11H,2,6-7,9-10H2,1H3. The summed E-state index contributed by atoms with van der Waals surface area (Å²) in [6, 6.07) is 5.63. The molecule has 0 saturated carbocycles. The first kappa shape index (κ1) is 17.9. The molecule has 0 spiro atoms. The number of piperazine rings is 1. The molecule has 1 aromatic carbocycles. The molecule has 5 rings (SSSR count). The van der Waals surface area contributed by atoms with Gasteiger partial charge in [0.05, 0.1) is 41.3 Å². The predicted molar refractivity (Wildman–Crippen MR) is 104 cm³/mol. The van der Waals surface area contributed by atoms with Crippen molar-refractivity contribution < 1.29 is 9.59 Å². The summed E-state index contributed by atoms with van der Waals surface area (Å²) in [4.78, 5) is 36.9. The molecule has 2 aromatic heterocycles. The second-order valence-corrected chi connectivity index (χ2v) is 7.40. The third-order valence-electron chi connectivity index (χ3n) is 5.40. The molecule has 2 aliphatic heterocycles. The number of nitrogens with zero attached hydrogens (tertiary/aromatic N) is 7. The number of hydrogen-bond donors (Lipinski definition) is 0. The van der Waals surface area contributed by atoms with E-state index < -0.39 is 11.8 Å². The maximum Gasteiger partial charge on any atom is 0.312 e. The molecule has 1 saturated heterocycles. The second kappa shape index (κ2) is 6.70. The Morgan fingerprint density at radius 3 is 2.72 bits per heavy atom. The Hall–Kier alpha value is -3.20. The van der Waals surface area contributed by atoms with Crippen molar-refractivity contribution >= 4 is 23.4 Å². The van der Waals surface area contributed by atoms with Crippen LogP contribution in [0, 0.1) is 0 Å². The lowest BCUT2D eigenvalue weighted by Crippen LogP contribution is -2.53. The van der Waals surface area contributed by atoms with Crippen molar-refractivity contribution in [3.05, 3.63) is 47.3 Å². The van der Waals surface area contributed by atoms with Gasteiger partial charge in [0.15, 0.2) is 5.82 Å². The fraction of sp³-hybridized carbons (Fsp3) is 0.316. The van der Waals surface area contributed by atoms with Gasteiger partial charge in [-0.05, 0) is 19.1 Å². The Labute approximate surface area is 171 Å². The molecule has 0 bridgehead atoms. The van der Waals surface area contributed by atoms with Gasteiger partial charge < -0.3 is 9.80 Å². The molecule has 0 radical (unpaired) electrons. The van der Waals surface area contributed by atoms with Crippen LogP contribution in [-0.4, -0.2) is 65.6 Å². The number of fused-ring (bicyclic) bond motifs is 5. The van der Waals surface area contributed by atoms with Gasteiger partial charge in [-0.25, -0.2) is 14.6 Å². The van der Waals surface area contributed by atoms with Gasteiger partial charge in [0.25, 0.3) is 0 Å². The van der Waals surface area contributed by atoms with E-state index in [0.717, 1.165) is 16.9 Å². The lowest BCUT2D eigenvalue weighted by atomic mass is 10.1. The van der Waals surface area contributed by atoms with Crippen LogP contribution in [0.3, 0.4) is 0 Å². The zero-order valence-electron chi connectivity index (χ0n) is 15.7. The van der Waals surface area contributed by atoms with Gasteiger partial charge >= 0.3 is 11.8 Å². The summed E-state index contributed by atoms with van der Waals surface area (Å²) in [7, 11) is 0. The van der Waals surface area contributed by atoms with Gasteiger partial charge in [-0.3, -0.25) is 14.2 Å². The van der Waals surface area contributed by atoms with Crippen LogP contribution in [0.15, 0.2) is 30.7 Å². The summed E-state index contributed by atoms with van der Waals surface area (Å²) >= 11 is 6.52. The Bertz CT molecular complexity index is 1140. The smallest absolute Gasteiger partial charge is 0.312 e. The molecule has 0 N–H and O–H groups in total. The van der Waals surface area contributed by atoms with Crippen molar-refractivity contribution in [2.24, 2.45) is 0 Å². The fourth-order valence-corrected chi connectivity index (χ4v) is 4.19. The maximum atomic E-state index is 12.5. The Balaban J connectivity index is 1.57. The molecule has 0 aliphatic carbocycles. The number of imidazole rings is 1. The van der Waals surface area contributed by atoms with Gasteiger partial charge in [0.1, 0.15) is 12.2 Å². The fourth-order valence-electron chi connectivity index (χ4n) is 3.93. The Kier molecular flexibility index (Phi) is 4.13. The molecule has 2 aliphatic rings. The SMILES string of the molecule is CCN1CCN(Cc2ncc3n2-c2cccc(Cl)c2-c2ncnn2C3)C(=O)C1=O. The lowest BCUT2D eigenvalue weighted by Gasteiger charge is -2.33. The number of amides is 2. The van der Waals surface area contributed by atoms with E-state index in [-0.39, 0.29) is 6.54 Å². The number of carbonyl (C=O) groups excluding carboxylic acids is 2. The summed E-state index contributed by atoms with van der Waals surface area (Å²) in [6.07, 6.45) is 3.28. The lowest BCUT2D eigenvalue weighted by molar-refractivity contribution is -0.156. The molecule has 2 amide bonds. The third-order valence-corrected chi connectivity index (χ3v) is 5.72. The maximum absolute atomic E-state index is 12.5. The first-order valence-electron chi connectivity index (χ1n) is 9.39. The van der Waals surface area contributed by atoms with Gasteiger partial charge in [-0.1, -0.05) is 17.7 Å². The average molecular weight is 412 g/mol. The van der Waals surface area contributed by atoms with E-state index in [1.165, 1.54) is 6.33 Å². The summed E-state index contributed by atoms with van der Waals surface area (Å²) in [5, 5.41) is 4.87. The predicted octanol–water partition coefficient (Wildman–Crippen LogP) is 1.34. The van der Waals surface area contributed by atoms with Crippen LogP contribution in [0.2, 0.25) is 5.02 Å². The number of halogens is 1. The highest BCUT2D eigenvalue weighted by molar-refractivity contribution is 6.35. The highest BCUT2D eigenvalue weighted by atomic mass is 35.5. The van der Waals surface area contributed by atoms with Gasteiger partial charge in [-0.2, -0.15) is 5.10 Å². The van der Waals surface area contributed by atoms with Gasteiger partial charge in [-0.15, -0.1) is 0 Å². The molecule has 0 unspecified atom stereocenters. The molecule has 3 aromatic rings. The minimum absolute atomic E-state index is 0.240. The van der Waals surface area contributed by atoms with Crippen molar-refractivity contribution in [1.82, 2.24) is 34.1 Å². The van der Waals surface area contributed by atoms with Crippen molar-refractivity contribution in [3.8, 4) is 17.1 Å². The van der Waals surface area contributed by atoms with E-state index in [9.17, 15) is 9.59 Å². The number of benzene rings is 1. The van der Waals surface area contributed by atoms with E-state index in [0.29, 0.717) is 42.9 Å². The highest BCUT2D eigenvalue weighted by Gasteiger charge is 2.33. The third kappa shape index (κ3) is 2.72. The summed E-state index contributed by atoms with van der Waals surface area (Å²) in [5.41, 5.74) is 2.50. The van der Waals surface area contributed by atoms with E-state index in [1.807, 2.05) is 29.7 Å². The molecule has 10 heteroatoms. The van der Waals surface area contributed by atoms with Crippen LogP contribution in [0.5, 0.6) is 0 Å². The van der Waals surface area contributed by atoms with Crippen molar-refractivity contribution in [2.45, 2.75) is 20.0 Å². The van der Waals surface area contributed by atoms with Crippen LogP contribution >= 0.6 is 11.6 Å². The molecular formula is C19H18ClN7O2. The molecule has 148 valence electrons. The van der Waals surface area contributed by atoms with Crippen molar-refractivity contribution in [1.29, 1.82) is 0 Å². The Morgan fingerprint density at radius 2 is 1.90 bits per heavy atom. The Morgan fingerprint density at radius 1 is 1.10 bits per heavy atom. The van der Waals surface area contributed by atoms with Crippen LogP contribution in [0.1, 0.15) is 18.4 Å². The summed E-state index contributed by atoms with van der Waals surface area (Å²) in [5.74, 6) is 0.391. The average Bonchev–Trinajstić information content (AvgIpc) is 3.30. The minimum atomic E-state index is -0.495. The monoisotopic (exact) mass is 411 g/mol. The van der Waals surface area contributed by atoms with E-state index in [2.05, 4.69) is 15.1 Å². The molecule has 4 heterocycles. The quantitative estimate of drug-likeness (QED) is 0.474. The number of likely N-dealkylation sites (N-methyl/N-ethyl adjacent to an activating group) is 1. The van der Waals surface area contributed by atoms with E-state index in [1.54, 1.807) is 20.7 Å². The summed E-state index contributed by atoms with van der Waals surface area (Å²) in [6.45, 7) is 4.12. The molecule has 9 nitrogen and oxygen atoms in total. The number of carbonyl (C=O) groups is 2. The van der Waals surface area contributed by atoms with Crippen molar-refractivity contribution in [3.63, 3.8) is 0 Å². The number of aromatic nitrogens is 5. The van der Waals surface area contributed by atoms with E-state index in [4.69, 9.17) is 11.6 Å². The van der Waals surface area contributed by atoms with Crippen LogP contribution in [0.4, 0.5) is 0 Å². The first-order chi connectivity index (χ1) is 14.1. The zero-order valence-corrected chi connectivity index (χ0v) is 16.5. The van der Waals surface area contributed by atoms with Gasteiger partial charge in [0, 0.05) is 19.6 Å². The molecule has 29 heavy (non-hydrogen) atoms. The number of hydrogen-bond acceptors (Lipinski definition) is 5. The largest absolute Gasteiger partial charge is 0.333 e. The van der Waals surface area contributed by atoms with Crippen LogP contribution < -0.4 is 0 Å². The topological polar surface area (TPSA) is 89.2 Å². The van der Waals surface area contributed by atoms with E-state index >= 15 is 0 Å². The van der Waals surface area contributed by atoms with Crippen molar-refractivity contribution in [2.75, 3.05) is 19.6 Å². The first-order valence-corrected chi connectivity index (χ1v) is 9.77. The minimum Gasteiger partial charge on any atom is -0.333 e. The molecular weight excluding hydrogens is 394 g/mol. The molecule has 0 atom stereocenters. The molecule has 1 fully saturated rings. The van der Waals surface area contributed by atoms with Crippen LogP contribution in [0.25, 0.3) is 17.1 Å².